The molecule has 0 saturated carbocycles. The minimum Gasteiger partial charge on any atom is -0.452 e. The number of benzene rings is 2. The Kier molecular flexibility index (Phi) is 9.11. The smallest absolute Gasteiger partial charge is 0.338 e. The number of amides is 3. The summed E-state index contributed by atoms with van der Waals surface area (Å²) in [6, 6.07) is 12.1. The van der Waals surface area contributed by atoms with Crippen LogP contribution in [0.5, 0.6) is 0 Å². The van der Waals surface area contributed by atoms with E-state index in [9.17, 15) is 22.8 Å². The zero-order valence-corrected chi connectivity index (χ0v) is 20.2. The Morgan fingerprint density at radius 3 is 2.18 bits per heavy atom. The number of urea groups is 1. The van der Waals surface area contributed by atoms with Gasteiger partial charge < -0.3 is 10.1 Å². The molecule has 0 aliphatic rings. The van der Waals surface area contributed by atoms with Crippen molar-refractivity contribution < 1.29 is 27.5 Å². The molecule has 0 aliphatic heterocycles. The molecule has 0 atom stereocenters. The van der Waals surface area contributed by atoms with Gasteiger partial charge in [-0.2, -0.15) is 0 Å². The Morgan fingerprint density at radius 1 is 1.00 bits per heavy atom. The van der Waals surface area contributed by atoms with Crippen LogP contribution in [0, 0.1) is 0 Å². The van der Waals surface area contributed by atoms with Crippen molar-refractivity contribution >= 4 is 27.9 Å². The molecule has 2 rings (SSSR count). The Balaban J connectivity index is 1.88. The maximum Gasteiger partial charge on any atom is 0.338 e. The number of rotatable bonds is 9. The highest BCUT2D eigenvalue weighted by molar-refractivity contribution is 7.89. The Labute approximate surface area is 199 Å². The number of carbonyl (C=O) groups is 3. The van der Waals surface area contributed by atoms with Crippen LogP contribution in [0.25, 0.3) is 0 Å². The number of nitrogens with one attached hydrogen (secondary N) is 3. The summed E-state index contributed by atoms with van der Waals surface area (Å²) in [6.07, 6.45) is 1.45. The summed E-state index contributed by atoms with van der Waals surface area (Å²) < 4.78 is 32.5. The highest BCUT2D eigenvalue weighted by Crippen LogP contribution is 2.23. The fourth-order valence-corrected chi connectivity index (χ4v) is 3.76. The molecule has 34 heavy (non-hydrogen) atoms. The van der Waals surface area contributed by atoms with Crippen molar-refractivity contribution in [3.63, 3.8) is 0 Å². The van der Waals surface area contributed by atoms with Crippen molar-refractivity contribution in [3.8, 4) is 0 Å². The first-order chi connectivity index (χ1) is 15.9. The summed E-state index contributed by atoms with van der Waals surface area (Å²) in [6.45, 7) is 9.16. The molecule has 3 amide bonds. The fraction of sp³-hybridized carbons (Fsp3) is 0.292. The molecule has 10 heteroatoms. The number of carbonyl (C=O) groups excluding carboxylic acids is 3. The molecule has 3 N–H and O–H groups in total. The van der Waals surface area contributed by atoms with Crippen LogP contribution < -0.4 is 15.4 Å². The number of esters is 1. The summed E-state index contributed by atoms with van der Waals surface area (Å²) in [7, 11) is -3.71. The van der Waals surface area contributed by atoms with Crippen molar-refractivity contribution in [2.75, 3.05) is 13.2 Å². The van der Waals surface area contributed by atoms with Gasteiger partial charge in [-0.25, -0.2) is 22.7 Å². The number of hydrogen-bond acceptors (Lipinski definition) is 6. The summed E-state index contributed by atoms with van der Waals surface area (Å²) in [4.78, 5) is 35.2. The molecule has 0 aromatic heterocycles. The lowest BCUT2D eigenvalue weighted by molar-refractivity contribution is -0.123. The van der Waals surface area contributed by atoms with Gasteiger partial charge in [0.15, 0.2) is 6.61 Å². The molecule has 0 unspecified atom stereocenters. The first kappa shape index (κ1) is 26.7. The van der Waals surface area contributed by atoms with Crippen LogP contribution in [-0.2, 0) is 31.5 Å². The second-order valence-corrected chi connectivity index (χ2v) is 10.2. The van der Waals surface area contributed by atoms with Gasteiger partial charge in [-0.1, -0.05) is 51.1 Å². The zero-order valence-electron chi connectivity index (χ0n) is 19.4. The minimum atomic E-state index is -3.71. The van der Waals surface area contributed by atoms with Gasteiger partial charge in [-0.05, 0) is 40.8 Å². The van der Waals surface area contributed by atoms with Gasteiger partial charge in [0.1, 0.15) is 0 Å². The zero-order chi connectivity index (χ0) is 25.4. The molecule has 0 saturated heterocycles. The molecule has 0 spiro atoms. The molecular weight excluding hydrogens is 458 g/mol. The third kappa shape index (κ3) is 8.13. The Hall–Kier alpha value is -3.50. The maximum atomic E-state index is 12.6. The van der Waals surface area contributed by atoms with E-state index in [-0.39, 0.29) is 29.0 Å². The molecule has 2 aromatic rings. The predicted molar refractivity (Wildman–Crippen MR) is 128 cm³/mol. The first-order valence-electron chi connectivity index (χ1n) is 10.5. The van der Waals surface area contributed by atoms with Crippen LogP contribution in [0.3, 0.4) is 0 Å². The Morgan fingerprint density at radius 2 is 1.62 bits per heavy atom. The lowest BCUT2D eigenvalue weighted by atomic mass is 9.87. The lowest BCUT2D eigenvalue weighted by Gasteiger charge is -2.19. The van der Waals surface area contributed by atoms with Crippen LogP contribution in [-0.4, -0.2) is 39.5 Å². The van der Waals surface area contributed by atoms with E-state index in [0.717, 1.165) is 5.56 Å². The molecule has 0 aliphatic carbocycles. The van der Waals surface area contributed by atoms with Gasteiger partial charge in [-0.3, -0.25) is 10.1 Å². The highest BCUT2D eigenvalue weighted by Gasteiger charge is 2.18. The summed E-state index contributed by atoms with van der Waals surface area (Å²) in [5.41, 5.74) is 1.75. The van der Waals surface area contributed by atoms with E-state index in [0.29, 0.717) is 5.56 Å². The normalized spacial score (nSPS) is 11.4. The van der Waals surface area contributed by atoms with Gasteiger partial charge in [0, 0.05) is 13.1 Å². The third-order valence-electron chi connectivity index (χ3n) is 4.68. The van der Waals surface area contributed by atoms with E-state index in [4.69, 9.17) is 4.74 Å². The largest absolute Gasteiger partial charge is 0.452 e. The second kappa shape index (κ2) is 11.6. The number of imide groups is 1. The van der Waals surface area contributed by atoms with Gasteiger partial charge in [0.05, 0.1) is 10.5 Å². The van der Waals surface area contributed by atoms with Gasteiger partial charge in [0.25, 0.3) is 5.91 Å². The van der Waals surface area contributed by atoms with Crippen LogP contribution in [0.15, 0.2) is 66.1 Å². The molecule has 9 nitrogen and oxygen atoms in total. The molecule has 0 heterocycles. The molecule has 0 fully saturated rings. The van der Waals surface area contributed by atoms with Gasteiger partial charge >= 0.3 is 12.0 Å². The van der Waals surface area contributed by atoms with Crippen molar-refractivity contribution in [1.82, 2.24) is 15.4 Å². The first-order valence-corrected chi connectivity index (χ1v) is 12.0. The van der Waals surface area contributed by atoms with E-state index in [1.54, 1.807) is 36.4 Å². The summed E-state index contributed by atoms with van der Waals surface area (Å²) >= 11 is 0. The van der Waals surface area contributed by atoms with E-state index < -0.39 is 34.5 Å². The van der Waals surface area contributed by atoms with Crippen molar-refractivity contribution in [3.05, 3.63) is 77.9 Å². The molecule has 182 valence electrons. The van der Waals surface area contributed by atoms with E-state index >= 15 is 0 Å². The lowest BCUT2D eigenvalue weighted by Crippen LogP contribution is -2.41. The average molecular weight is 488 g/mol. The highest BCUT2D eigenvalue weighted by atomic mass is 32.2. The minimum absolute atomic E-state index is 0.0287. The molecule has 2 aromatic carbocycles. The molecule has 0 bridgehead atoms. The topological polar surface area (TPSA) is 131 Å². The Bertz CT molecular complexity index is 1130. The van der Waals surface area contributed by atoms with Gasteiger partial charge in [0.2, 0.25) is 10.0 Å². The SMILES string of the molecule is C=CCNC(=O)NC(=O)COC(=O)c1ccc(CNS(=O)(=O)c2ccc(C(C)(C)C)cc2)cc1. The maximum absolute atomic E-state index is 12.6. The van der Waals surface area contributed by atoms with Crippen LogP contribution in [0.1, 0.15) is 42.3 Å². The van der Waals surface area contributed by atoms with E-state index in [1.165, 1.54) is 18.2 Å². The predicted octanol–water partition coefficient (Wildman–Crippen LogP) is 2.63. The monoisotopic (exact) mass is 487 g/mol. The third-order valence-corrected chi connectivity index (χ3v) is 6.10. The number of ether oxygens (including phenoxy) is 1. The van der Waals surface area contributed by atoms with Crippen molar-refractivity contribution in [2.24, 2.45) is 0 Å². The fourth-order valence-electron chi connectivity index (χ4n) is 2.74. The number of hydrogen-bond donors (Lipinski definition) is 3. The quantitative estimate of drug-likeness (QED) is 0.368. The molecular formula is C24H29N3O6S. The number of sulfonamides is 1. The molecule has 0 radical (unpaired) electrons. The average Bonchev–Trinajstić information content (AvgIpc) is 2.79. The van der Waals surface area contributed by atoms with E-state index in [2.05, 4.69) is 16.6 Å². The van der Waals surface area contributed by atoms with Crippen LogP contribution in [0.2, 0.25) is 0 Å². The summed E-state index contributed by atoms with van der Waals surface area (Å²) in [5.74, 6) is -1.54. The standard InChI is InChI=1S/C24H29N3O6S/c1-5-14-25-23(30)27-21(28)16-33-22(29)18-8-6-17(7-9-18)15-26-34(31,32)20-12-10-19(11-13-20)24(2,3)4/h5-13,26H,1,14-16H2,2-4H3,(H2,25,27,28,30). The second-order valence-electron chi connectivity index (χ2n) is 8.42. The van der Waals surface area contributed by atoms with Gasteiger partial charge in [-0.15, -0.1) is 6.58 Å². The van der Waals surface area contributed by atoms with Crippen molar-refractivity contribution in [1.29, 1.82) is 0 Å². The van der Waals surface area contributed by atoms with Crippen molar-refractivity contribution in [2.45, 2.75) is 37.6 Å². The van der Waals surface area contributed by atoms with Crippen LogP contribution in [0.4, 0.5) is 4.79 Å². The summed E-state index contributed by atoms with van der Waals surface area (Å²) in [5, 5.41) is 4.36. The van der Waals surface area contributed by atoms with Crippen LogP contribution >= 0.6 is 0 Å². The van der Waals surface area contributed by atoms with E-state index in [1.807, 2.05) is 26.1 Å².